The summed E-state index contributed by atoms with van der Waals surface area (Å²) < 4.78 is 13.0. The molecule has 6 heteroatoms. The number of pyridine rings is 1. The van der Waals surface area contributed by atoms with Crippen molar-refractivity contribution in [3.63, 3.8) is 0 Å². The number of nitrogens with one attached hydrogen (secondary N) is 1. The number of nitrogens with zero attached hydrogens (tertiary/aromatic N) is 2. The smallest absolute Gasteiger partial charge is 0.141 e. The zero-order valence-corrected chi connectivity index (χ0v) is 12.8. The van der Waals surface area contributed by atoms with Gasteiger partial charge in [0.25, 0.3) is 0 Å². The first-order valence-electron chi connectivity index (χ1n) is 7.41. The van der Waals surface area contributed by atoms with Gasteiger partial charge in [-0.25, -0.2) is 4.39 Å². The van der Waals surface area contributed by atoms with Crippen LogP contribution in [-0.2, 0) is 0 Å². The lowest BCUT2D eigenvalue weighted by Crippen LogP contribution is -2.38. The Bertz CT molecular complexity index is 383. The maximum Gasteiger partial charge on any atom is 0.141 e. The van der Waals surface area contributed by atoms with Crippen molar-refractivity contribution in [1.29, 1.82) is 0 Å². The van der Waals surface area contributed by atoms with Gasteiger partial charge < -0.3 is 15.5 Å². The summed E-state index contributed by atoms with van der Waals surface area (Å²) in [6.07, 6.45) is 1.23. The molecule has 0 saturated heterocycles. The predicted molar refractivity (Wildman–Crippen MR) is 80.4 cm³/mol. The second-order valence-corrected chi connectivity index (χ2v) is 5.16. The van der Waals surface area contributed by atoms with Crippen LogP contribution >= 0.6 is 0 Å². The first-order chi connectivity index (χ1) is 10.1. The van der Waals surface area contributed by atoms with E-state index in [0.29, 0.717) is 13.1 Å². The summed E-state index contributed by atoms with van der Waals surface area (Å²) in [7, 11) is 0. The predicted octanol–water partition coefficient (Wildman–Crippen LogP) is 0.794. The van der Waals surface area contributed by atoms with Crippen LogP contribution in [0.15, 0.2) is 18.3 Å². The molecule has 3 N–H and O–H groups in total. The third-order valence-electron chi connectivity index (χ3n) is 3.44. The third-order valence-corrected chi connectivity index (χ3v) is 3.44. The van der Waals surface area contributed by atoms with Crippen LogP contribution in [0.4, 0.5) is 4.39 Å². The largest absolute Gasteiger partial charge is 0.395 e. The number of rotatable bonds is 10. The van der Waals surface area contributed by atoms with E-state index in [1.165, 1.54) is 12.3 Å². The number of hydrogen-bond donors (Lipinski definition) is 3. The van der Waals surface area contributed by atoms with Crippen molar-refractivity contribution in [2.24, 2.45) is 5.92 Å². The number of halogens is 1. The number of aliphatic hydroxyl groups is 2. The van der Waals surface area contributed by atoms with E-state index < -0.39 is 0 Å². The molecule has 1 rings (SSSR count). The fourth-order valence-corrected chi connectivity index (χ4v) is 2.48. The van der Waals surface area contributed by atoms with Gasteiger partial charge in [0.1, 0.15) is 5.82 Å². The van der Waals surface area contributed by atoms with E-state index in [9.17, 15) is 4.39 Å². The molecule has 0 aliphatic rings. The van der Waals surface area contributed by atoms with Crippen LogP contribution in [0, 0.1) is 11.7 Å². The molecular weight excluding hydrogens is 273 g/mol. The molecule has 0 aliphatic carbocycles. The third kappa shape index (κ3) is 6.05. The van der Waals surface area contributed by atoms with Crippen molar-refractivity contribution in [1.82, 2.24) is 15.2 Å². The number of aliphatic hydroxyl groups excluding tert-OH is 2. The summed E-state index contributed by atoms with van der Waals surface area (Å²) in [6, 6.07) is 3.12. The quantitative estimate of drug-likeness (QED) is 0.596. The van der Waals surface area contributed by atoms with Gasteiger partial charge >= 0.3 is 0 Å². The van der Waals surface area contributed by atoms with E-state index in [4.69, 9.17) is 10.2 Å². The second kappa shape index (κ2) is 9.78. The monoisotopic (exact) mass is 299 g/mol. The number of aromatic nitrogens is 1. The molecule has 120 valence electrons. The first kappa shape index (κ1) is 18.0. The van der Waals surface area contributed by atoms with Crippen LogP contribution in [0.1, 0.15) is 25.6 Å². The molecule has 2 atom stereocenters. The van der Waals surface area contributed by atoms with Crippen LogP contribution in [0.3, 0.4) is 0 Å². The molecular formula is C15H26FN3O2. The molecule has 0 saturated carbocycles. The zero-order chi connectivity index (χ0) is 15.7. The molecule has 21 heavy (non-hydrogen) atoms. The van der Waals surface area contributed by atoms with Crippen LogP contribution in [0.2, 0.25) is 0 Å². The van der Waals surface area contributed by atoms with Gasteiger partial charge in [-0.15, -0.1) is 0 Å². The lowest BCUT2D eigenvalue weighted by Gasteiger charge is -2.30. The molecule has 2 unspecified atom stereocenters. The number of hydrogen-bond acceptors (Lipinski definition) is 5. The fourth-order valence-electron chi connectivity index (χ4n) is 2.48. The summed E-state index contributed by atoms with van der Waals surface area (Å²) in [5.74, 6) is -0.134. The highest BCUT2D eigenvalue weighted by Gasteiger charge is 2.22. The van der Waals surface area contributed by atoms with Gasteiger partial charge in [-0.1, -0.05) is 13.8 Å². The molecule has 0 radical (unpaired) electrons. The van der Waals surface area contributed by atoms with Crippen LogP contribution in [0.25, 0.3) is 0 Å². The molecule has 1 aromatic rings. The molecule has 0 bridgehead atoms. The average Bonchev–Trinajstić information content (AvgIpc) is 2.46. The van der Waals surface area contributed by atoms with Gasteiger partial charge in [-0.05, 0) is 24.6 Å². The average molecular weight is 299 g/mol. The lowest BCUT2D eigenvalue weighted by atomic mass is 9.97. The lowest BCUT2D eigenvalue weighted by molar-refractivity contribution is 0.137. The van der Waals surface area contributed by atoms with Gasteiger partial charge in [0.05, 0.1) is 31.1 Å². The Balaban J connectivity index is 2.76. The summed E-state index contributed by atoms with van der Waals surface area (Å²) in [4.78, 5) is 6.18. The van der Waals surface area contributed by atoms with Crippen molar-refractivity contribution < 1.29 is 14.6 Å². The SMILES string of the molecule is CCNC(c1ccc(F)cn1)C(C)CN(CCO)CCO. The van der Waals surface area contributed by atoms with Gasteiger partial charge in [0.15, 0.2) is 0 Å². The Labute approximate surface area is 125 Å². The summed E-state index contributed by atoms with van der Waals surface area (Å²) in [5, 5.41) is 21.5. The van der Waals surface area contributed by atoms with Gasteiger partial charge in [0, 0.05) is 19.6 Å². The van der Waals surface area contributed by atoms with Gasteiger partial charge in [-0.2, -0.15) is 0 Å². The van der Waals surface area contributed by atoms with E-state index in [2.05, 4.69) is 17.2 Å². The standard InChI is InChI=1S/C15H26FN3O2/c1-3-17-15(14-5-4-13(16)10-18-14)12(2)11-19(6-8-20)7-9-21/h4-5,10,12,15,17,20-21H,3,6-9,11H2,1-2H3. The first-order valence-corrected chi connectivity index (χ1v) is 7.41. The maximum atomic E-state index is 13.0. The minimum Gasteiger partial charge on any atom is -0.395 e. The van der Waals surface area contributed by atoms with E-state index in [-0.39, 0.29) is 31.0 Å². The van der Waals surface area contributed by atoms with Crippen molar-refractivity contribution in [2.45, 2.75) is 19.9 Å². The highest BCUT2D eigenvalue weighted by Crippen LogP contribution is 2.21. The molecule has 1 heterocycles. The minimum absolute atomic E-state index is 0.00971. The van der Waals surface area contributed by atoms with E-state index in [1.54, 1.807) is 6.07 Å². The zero-order valence-electron chi connectivity index (χ0n) is 12.8. The topological polar surface area (TPSA) is 68.6 Å². The summed E-state index contributed by atoms with van der Waals surface area (Å²) in [5.41, 5.74) is 0.804. The molecule has 0 amide bonds. The second-order valence-electron chi connectivity index (χ2n) is 5.16. The molecule has 0 aromatic carbocycles. The molecule has 0 fully saturated rings. The summed E-state index contributed by atoms with van der Waals surface area (Å²) >= 11 is 0. The minimum atomic E-state index is -0.344. The Kier molecular flexibility index (Phi) is 8.37. The molecule has 0 aliphatic heterocycles. The highest BCUT2D eigenvalue weighted by atomic mass is 19.1. The van der Waals surface area contributed by atoms with Crippen molar-refractivity contribution in [2.75, 3.05) is 39.4 Å². The molecule has 0 spiro atoms. The highest BCUT2D eigenvalue weighted by molar-refractivity contribution is 5.11. The van der Waals surface area contributed by atoms with Crippen molar-refractivity contribution in [3.8, 4) is 0 Å². The van der Waals surface area contributed by atoms with Gasteiger partial charge in [0.2, 0.25) is 0 Å². The Hall–Kier alpha value is -1.08. The van der Waals surface area contributed by atoms with Crippen molar-refractivity contribution in [3.05, 3.63) is 29.8 Å². The van der Waals surface area contributed by atoms with E-state index in [1.807, 2.05) is 11.8 Å². The van der Waals surface area contributed by atoms with Crippen molar-refractivity contribution >= 4 is 0 Å². The normalized spacial score (nSPS) is 14.4. The van der Waals surface area contributed by atoms with E-state index >= 15 is 0 Å². The fraction of sp³-hybridized carbons (Fsp3) is 0.667. The Morgan fingerprint density at radius 3 is 2.43 bits per heavy atom. The Morgan fingerprint density at radius 1 is 1.29 bits per heavy atom. The molecule has 5 nitrogen and oxygen atoms in total. The van der Waals surface area contributed by atoms with E-state index in [0.717, 1.165) is 18.8 Å². The Morgan fingerprint density at radius 2 is 1.95 bits per heavy atom. The summed E-state index contributed by atoms with van der Waals surface area (Å²) in [6.45, 7) is 6.79. The molecule has 1 aromatic heterocycles. The van der Waals surface area contributed by atoms with Crippen LogP contribution in [0.5, 0.6) is 0 Å². The maximum absolute atomic E-state index is 13.0. The van der Waals surface area contributed by atoms with Gasteiger partial charge in [-0.3, -0.25) is 9.88 Å². The van der Waals surface area contributed by atoms with Crippen LogP contribution in [-0.4, -0.2) is 59.5 Å². The van der Waals surface area contributed by atoms with Crippen LogP contribution < -0.4 is 5.32 Å².